The van der Waals surface area contributed by atoms with Crippen LogP contribution in [-0.4, -0.2) is 22.0 Å². The molecule has 0 saturated carbocycles. The second-order valence-electron chi connectivity index (χ2n) is 4.13. The summed E-state index contributed by atoms with van der Waals surface area (Å²) >= 11 is 0. The van der Waals surface area contributed by atoms with Gasteiger partial charge in [-0.15, -0.1) is 0 Å². The van der Waals surface area contributed by atoms with Crippen LogP contribution in [0.1, 0.15) is 17.5 Å². The molecule has 0 spiro atoms. The van der Waals surface area contributed by atoms with Gasteiger partial charge in [-0.05, 0) is 24.0 Å². The molecule has 0 aromatic heterocycles. The van der Waals surface area contributed by atoms with Gasteiger partial charge in [0.25, 0.3) is 0 Å². The predicted octanol–water partition coefficient (Wildman–Crippen LogP) is 2.14. The van der Waals surface area contributed by atoms with E-state index in [1.165, 1.54) is 5.56 Å². The van der Waals surface area contributed by atoms with Gasteiger partial charge in [-0.2, -0.15) is 0 Å². The number of fused-ring (bicyclic) bond motifs is 1. The van der Waals surface area contributed by atoms with Crippen molar-refractivity contribution in [2.45, 2.75) is 18.6 Å². The number of anilines is 1. The van der Waals surface area contributed by atoms with Gasteiger partial charge >= 0.3 is 0 Å². The highest BCUT2D eigenvalue weighted by atomic mass is 35.7. The number of rotatable bonds is 2. The van der Waals surface area contributed by atoms with Crippen LogP contribution in [-0.2, 0) is 21.2 Å². The Morgan fingerprint density at radius 2 is 2.19 bits per heavy atom. The van der Waals surface area contributed by atoms with Crippen molar-refractivity contribution < 1.29 is 8.42 Å². The highest BCUT2D eigenvalue weighted by Crippen LogP contribution is 2.31. The van der Waals surface area contributed by atoms with Crippen LogP contribution in [0, 0.1) is 0 Å². The van der Waals surface area contributed by atoms with Gasteiger partial charge in [-0.1, -0.05) is 18.2 Å². The highest BCUT2D eigenvalue weighted by Gasteiger charge is 2.19. The molecule has 88 valence electrons. The molecule has 1 aliphatic heterocycles. The first kappa shape index (κ1) is 11.7. The number of halogens is 1. The number of hydrogen-bond donors (Lipinski definition) is 0. The predicted molar refractivity (Wildman–Crippen MR) is 66.5 cm³/mol. The summed E-state index contributed by atoms with van der Waals surface area (Å²) < 4.78 is 22.3. The second-order valence-corrected chi connectivity index (χ2v) is 6.91. The molecule has 0 atom stereocenters. The fourth-order valence-corrected chi connectivity index (χ4v) is 3.21. The minimum Gasteiger partial charge on any atom is -0.374 e. The normalized spacial score (nSPS) is 16.0. The summed E-state index contributed by atoms with van der Waals surface area (Å²) in [6, 6.07) is 5.78. The average molecular weight is 260 g/mol. The maximum Gasteiger partial charge on any atom is 0.236 e. The van der Waals surface area contributed by atoms with Crippen molar-refractivity contribution in [3.63, 3.8) is 0 Å². The van der Waals surface area contributed by atoms with Gasteiger partial charge in [0.15, 0.2) is 0 Å². The highest BCUT2D eigenvalue weighted by molar-refractivity contribution is 8.13. The average Bonchev–Trinajstić information content (AvgIpc) is 2.15. The lowest BCUT2D eigenvalue weighted by Crippen LogP contribution is -2.26. The lowest BCUT2D eigenvalue weighted by atomic mass is 9.99. The van der Waals surface area contributed by atoms with Crippen LogP contribution in [0.4, 0.5) is 5.69 Å². The van der Waals surface area contributed by atoms with Crippen LogP contribution in [0.2, 0.25) is 0 Å². The molecule has 0 fully saturated rings. The molecule has 1 aliphatic rings. The van der Waals surface area contributed by atoms with Crippen molar-refractivity contribution >= 4 is 25.4 Å². The Balaban J connectivity index is 2.46. The van der Waals surface area contributed by atoms with E-state index >= 15 is 0 Å². The van der Waals surface area contributed by atoms with E-state index in [-0.39, 0.29) is 5.75 Å². The molecule has 1 aromatic rings. The van der Waals surface area contributed by atoms with E-state index < -0.39 is 9.05 Å². The van der Waals surface area contributed by atoms with E-state index in [4.69, 9.17) is 10.7 Å². The minimum atomic E-state index is -3.49. The van der Waals surface area contributed by atoms with E-state index in [1.54, 1.807) is 0 Å². The number of nitrogens with zero attached hydrogens (tertiary/aromatic N) is 1. The third-order valence-electron chi connectivity index (χ3n) is 2.85. The van der Waals surface area contributed by atoms with Gasteiger partial charge in [-0.3, -0.25) is 0 Å². The number of hydrogen-bond acceptors (Lipinski definition) is 3. The van der Waals surface area contributed by atoms with Gasteiger partial charge in [0, 0.05) is 30.0 Å². The van der Waals surface area contributed by atoms with E-state index in [0.29, 0.717) is 0 Å². The third-order valence-corrected chi connectivity index (χ3v) is 3.84. The van der Waals surface area contributed by atoms with Crippen molar-refractivity contribution in [3.8, 4) is 0 Å². The fraction of sp³-hybridized carbons (Fsp3) is 0.455. The number of aryl methyl sites for hydroxylation is 1. The SMILES string of the molecule is CN1CCCc2cccc(CS(=O)(=O)Cl)c21. The zero-order chi connectivity index (χ0) is 11.8. The molecule has 0 unspecified atom stereocenters. The smallest absolute Gasteiger partial charge is 0.236 e. The molecule has 16 heavy (non-hydrogen) atoms. The Hall–Kier alpha value is -0.740. The Morgan fingerprint density at radius 1 is 1.44 bits per heavy atom. The lowest BCUT2D eigenvalue weighted by molar-refractivity contribution is 0.608. The molecular weight excluding hydrogens is 246 g/mol. The van der Waals surface area contributed by atoms with E-state index in [2.05, 4.69) is 11.0 Å². The topological polar surface area (TPSA) is 37.4 Å². The van der Waals surface area contributed by atoms with Crippen LogP contribution < -0.4 is 4.90 Å². The first-order valence-electron chi connectivity index (χ1n) is 5.21. The molecule has 0 bridgehead atoms. The van der Waals surface area contributed by atoms with Crippen molar-refractivity contribution in [1.82, 2.24) is 0 Å². The van der Waals surface area contributed by atoms with Gasteiger partial charge < -0.3 is 4.90 Å². The number of para-hydroxylation sites is 1. The maximum atomic E-state index is 11.1. The molecule has 2 rings (SSSR count). The second kappa shape index (κ2) is 4.26. The summed E-state index contributed by atoms with van der Waals surface area (Å²) in [5.74, 6) is -0.0952. The van der Waals surface area contributed by atoms with Crippen molar-refractivity contribution in [2.24, 2.45) is 0 Å². The molecule has 3 nitrogen and oxygen atoms in total. The van der Waals surface area contributed by atoms with E-state index in [1.807, 2.05) is 19.2 Å². The summed E-state index contributed by atoms with van der Waals surface area (Å²) in [7, 11) is 3.81. The van der Waals surface area contributed by atoms with Gasteiger partial charge in [0.1, 0.15) is 0 Å². The molecule has 5 heteroatoms. The summed E-state index contributed by atoms with van der Waals surface area (Å²) in [5, 5.41) is 0. The molecule has 0 amide bonds. The third kappa shape index (κ3) is 2.50. The largest absolute Gasteiger partial charge is 0.374 e. The molecule has 0 aliphatic carbocycles. The summed E-state index contributed by atoms with van der Waals surface area (Å²) in [6.07, 6.45) is 2.12. The molecule has 0 radical (unpaired) electrons. The van der Waals surface area contributed by atoms with Crippen LogP contribution in [0.25, 0.3) is 0 Å². The Morgan fingerprint density at radius 3 is 2.88 bits per heavy atom. The monoisotopic (exact) mass is 259 g/mol. The number of benzene rings is 1. The van der Waals surface area contributed by atoms with Crippen LogP contribution in [0.3, 0.4) is 0 Å². The zero-order valence-electron chi connectivity index (χ0n) is 9.11. The van der Waals surface area contributed by atoms with Crippen molar-refractivity contribution in [2.75, 3.05) is 18.5 Å². The van der Waals surface area contributed by atoms with E-state index in [0.717, 1.165) is 30.6 Å². The zero-order valence-corrected chi connectivity index (χ0v) is 10.7. The first-order chi connectivity index (χ1) is 7.47. The van der Waals surface area contributed by atoms with Crippen LogP contribution in [0.15, 0.2) is 18.2 Å². The van der Waals surface area contributed by atoms with Crippen molar-refractivity contribution in [3.05, 3.63) is 29.3 Å². The Labute approximate surface area is 100 Å². The van der Waals surface area contributed by atoms with Crippen molar-refractivity contribution in [1.29, 1.82) is 0 Å². The molecule has 1 aromatic carbocycles. The molecule has 0 N–H and O–H groups in total. The summed E-state index contributed by atoms with van der Waals surface area (Å²) in [4.78, 5) is 2.11. The lowest BCUT2D eigenvalue weighted by Gasteiger charge is -2.29. The van der Waals surface area contributed by atoms with Gasteiger partial charge in [-0.25, -0.2) is 8.42 Å². The quantitative estimate of drug-likeness (QED) is 0.764. The van der Waals surface area contributed by atoms with Gasteiger partial charge in [0.2, 0.25) is 9.05 Å². The first-order valence-corrected chi connectivity index (χ1v) is 7.69. The summed E-state index contributed by atoms with van der Waals surface area (Å²) in [6.45, 7) is 0.965. The fourth-order valence-electron chi connectivity index (χ4n) is 2.26. The van der Waals surface area contributed by atoms with Crippen LogP contribution in [0.5, 0.6) is 0 Å². The van der Waals surface area contributed by atoms with Gasteiger partial charge in [0.05, 0.1) is 5.75 Å². The maximum absolute atomic E-state index is 11.1. The molecule has 1 heterocycles. The standard InChI is InChI=1S/C11H14ClNO2S/c1-13-7-3-6-9-4-2-5-10(11(9)13)8-16(12,14)15/h2,4-5H,3,6-8H2,1H3. The Bertz CT molecular complexity index is 499. The van der Waals surface area contributed by atoms with E-state index in [9.17, 15) is 8.42 Å². The Kier molecular flexibility index (Phi) is 3.13. The van der Waals surface area contributed by atoms with Crippen LogP contribution >= 0.6 is 10.7 Å². The molecule has 0 saturated heterocycles. The summed E-state index contributed by atoms with van der Waals surface area (Å²) in [5.41, 5.74) is 3.05. The minimum absolute atomic E-state index is 0.0952. The molecular formula is C11H14ClNO2S.